The van der Waals surface area contributed by atoms with Crippen molar-refractivity contribution in [3.63, 3.8) is 0 Å². The maximum atomic E-state index is 12.1. The first-order valence-corrected chi connectivity index (χ1v) is 6.50. The van der Waals surface area contributed by atoms with Gasteiger partial charge in [0.1, 0.15) is 6.04 Å². The van der Waals surface area contributed by atoms with Crippen LogP contribution in [0.1, 0.15) is 40.0 Å². The van der Waals surface area contributed by atoms with E-state index in [1.54, 1.807) is 0 Å². The molecule has 0 aliphatic rings. The van der Waals surface area contributed by atoms with Crippen molar-refractivity contribution in [2.75, 3.05) is 14.1 Å². The van der Waals surface area contributed by atoms with Gasteiger partial charge >= 0.3 is 5.97 Å². The number of nitrogens with zero attached hydrogens (tertiary/aromatic N) is 1. The zero-order valence-corrected chi connectivity index (χ0v) is 12.1. The molecule has 0 saturated heterocycles. The molecule has 5 nitrogen and oxygen atoms in total. The Kier molecular flexibility index (Phi) is 7.59. The van der Waals surface area contributed by atoms with Crippen LogP contribution in [0.25, 0.3) is 0 Å². The number of hydrogen-bond donors (Lipinski definition) is 2. The van der Waals surface area contributed by atoms with Gasteiger partial charge in [-0.1, -0.05) is 33.6 Å². The Bertz CT molecular complexity index is 269. The quantitative estimate of drug-likeness (QED) is 0.689. The first kappa shape index (κ1) is 16.9. The highest BCUT2D eigenvalue weighted by molar-refractivity contribution is 5.87. The zero-order valence-electron chi connectivity index (χ0n) is 12.1. The summed E-state index contributed by atoms with van der Waals surface area (Å²) in [6.07, 6.45) is 2.20. The van der Waals surface area contributed by atoms with Crippen molar-refractivity contribution in [1.82, 2.24) is 10.2 Å². The Labute approximate surface area is 110 Å². The summed E-state index contributed by atoms with van der Waals surface area (Å²) in [6.45, 7) is 5.90. The Morgan fingerprint density at radius 1 is 1.28 bits per heavy atom. The number of carbonyl (C=O) groups excluding carboxylic acids is 1. The summed E-state index contributed by atoms with van der Waals surface area (Å²) in [4.78, 5) is 25.0. The fraction of sp³-hybridized carbons (Fsp3) is 0.846. The molecule has 1 amide bonds. The molecule has 0 aliphatic carbocycles. The molecule has 0 spiro atoms. The number of rotatable bonds is 8. The predicted octanol–water partition coefficient (Wildman–Crippen LogP) is 1.33. The van der Waals surface area contributed by atoms with E-state index >= 15 is 0 Å². The van der Waals surface area contributed by atoms with Crippen molar-refractivity contribution in [1.29, 1.82) is 0 Å². The molecule has 18 heavy (non-hydrogen) atoms. The van der Waals surface area contributed by atoms with Gasteiger partial charge < -0.3 is 10.4 Å². The highest BCUT2D eigenvalue weighted by atomic mass is 16.4. The molecule has 0 aromatic rings. The number of carboxylic acid groups (broad SMARTS) is 1. The van der Waals surface area contributed by atoms with Gasteiger partial charge in [-0.25, -0.2) is 4.79 Å². The lowest BCUT2D eigenvalue weighted by atomic mass is 10.0. The lowest BCUT2D eigenvalue weighted by molar-refractivity contribution is -0.143. The topological polar surface area (TPSA) is 69.6 Å². The lowest BCUT2D eigenvalue weighted by Gasteiger charge is -2.28. The van der Waals surface area contributed by atoms with Crippen molar-refractivity contribution >= 4 is 11.9 Å². The highest BCUT2D eigenvalue weighted by Gasteiger charge is 2.28. The van der Waals surface area contributed by atoms with Gasteiger partial charge in [0, 0.05) is 0 Å². The number of likely N-dealkylation sites (N-methyl/N-ethyl adjacent to an activating group) is 1. The molecule has 0 bridgehead atoms. The Morgan fingerprint density at radius 2 is 1.83 bits per heavy atom. The van der Waals surface area contributed by atoms with Gasteiger partial charge in [0.25, 0.3) is 0 Å². The van der Waals surface area contributed by atoms with Crippen LogP contribution in [0.3, 0.4) is 0 Å². The van der Waals surface area contributed by atoms with Crippen LogP contribution in [-0.4, -0.2) is 48.1 Å². The van der Waals surface area contributed by atoms with Crippen LogP contribution in [-0.2, 0) is 9.59 Å². The molecule has 0 rings (SSSR count). The summed E-state index contributed by atoms with van der Waals surface area (Å²) >= 11 is 0. The van der Waals surface area contributed by atoms with Gasteiger partial charge in [-0.05, 0) is 26.4 Å². The summed E-state index contributed by atoms with van der Waals surface area (Å²) in [7, 11) is 3.65. The maximum absolute atomic E-state index is 12.1. The molecule has 2 atom stereocenters. The molecule has 106 valence electrons. The van der Waals surface area contributed by atoms with Crippen molar-refractivity contribution < 1.29 is 14.7 Å². The molecule has 0 radical (unpaired) electrons. The van der Waals surface area contributed by atoms with Crippen LogP contribution in [0.15, 0.2) is 0 Å². The molecule has 0 aromatic carbocycles. The van der Waals surface area contributed by atoms with Crippen molar-refractivity contribution in [2.24, 2.45) is 5.92 Å². The number of unbranched alkanes of at least 4 members (excludes halogenated alkanes) is 1. The van der Waals surface area contributed by atoms with Gasteiger partial charge in [-0.2, -0.15) is 0 Å². The van der Waals surface area contributed by atoms with Gasteiger partial charge in [0.05, 0.1) is 6.04 Å². The van der Waals surface area contributed by atoms with Crippen molar-refractivity contribution in [3.05, 3.63) is 0 Å². The van der Waals surface area contributed by atoms with E-state index in [0.29, 0.717) is 6.42 Å². The maximum Gasteiger partial charge on any atom is 0.326 e. The smallest absolute Gasteiger partial charge is 0.326 e. The van der Waals surface area contributed by atoms with E-state index in [-0.39, 0.29) is 17.9 Å². The van der Waals surface area contributed by atoms with Crippen LogP contribution < -0.4 is 5.32 Å². The average molecular weight is 258 g/mol. The molecule has 0 heterocycles. The van der Waals surface area contributed by atoms with Gasteiger partial charge in [0.2, 0.25) is 5.91 Å². The number of hydrogen-bond acceptors (Lipinski definition) is 3. The SMILES string of the molecule is CCCCC(NC(=O)[C@@H](C(C)C)N(C)C)C(=O)O. The van der Waals surface area contributed by atoms with Gasteiger partial charge in [0.15, 0.2) is 0 Å². The molecular formula is C13H26N2O3. The first-order chi connectivity index (χ1) is 8.31. The number of nitrogens with one attached hydrogen (secondary N) is 1. The monoisotopic (exact) mass is 258 g/mol. The van der Waals surface area contributed by atoms with Crippen molar-refractivity contribution in [2.45, 2.75) is 52.1 Å². The third kappa shape index (κ3) is 5.49. The normalized spacial score (nSPS) is 14.6. The Balaban J connectivity index is 4.61. The molecule has 0 aromatic heterocycles. The summed E-state index contributed by atoms with van der Waals surface area (Å²) in [5, 5.41) is 11.7. The minimum atomic E-state index is -0.960. The van der Waals surface area contributed by atoms with E-state index in [2.05, 4.69) is 5.32 Å². The van der Waals surface area contributed by atoms with Gasteiger partial charge in [-0.3, -0.25) is 9.69 Å². The second-order valence-corrected chi connectivity index (χ2v) is 5.19. The largest absolute Gasteiger partial charge is 0.480 e. The third-order valence-corrected chi connectivity index (χ3v) is 2.92. The third-order valence-electron chi connectivity index (χ3n) is 2.92. The molecule has 2 N–H and O–H groups in total. The molecular weight excluding hydrogens is 232 g/mol. The second-order valence-electron chi connectivity index (χ2n) is 5.19. The van der Waals surface area contributed by atoms with Crippen LogP contribution in [0.4, 0.5) is 0 Å². The predicted molar refractivity (Wildman–Crippen MR) is 71.4 cm³/mol. The van der Waals surface area contributed by atoms with E-state index in [1.807, 2.05) is 39.8 Å². The molecule has 0 aliphatic heterocycles. The summed E-state index contributed by atoms with van der Waals surface area (Å²) in [5.74, 6) is -1.03. The zero-order chi connectivity index (χ0) is 14.3. The number of carbonyl (C=O) groups is 2. The fourth-order valence-corrected chi connectivity index (χ4v) is 2.06. The minimum Gasteiger partial charge on any atom is -0.480 e. The minimum absolute atomic E-state index is 0.139. The van der Waals surface area contributed by atoms with E-state index in [0.717, 1.165) is 12.8 Å². The molecule has 0 fully saturated rings. The molecule has 0 saturated carbocycles. The van der Waals surface area contributed by atoms with E-state index in [4.69, 9.17) is 5.11 Å². The van der Waals surface area contributed by atoms with Crippen LogP contribution in [0.2, 0.25) is 0 Å². The van der Waals surface area contributed by atoms with Crippen molar-refractivity contribution in [3.8, 4) is 0 Å². The highest BCUT2D eigenvalue weighted by Crippen LogP contribution is 2.09. The van der Waals surface area contributed by atoms with Crippen LogP contribution in [0, 0.1) is 5.92 Å². The lowest BCUT2D eigenvalue weighted by Crippen LogP contribution is -2.51. The van der Waals surface area contributed by atoms with Crippen LogP contribution >= 0.6 is 0 Å². The number of carboxylic acids is 1. The first-order valence-electron chi connectivity index (χ1n) is 6.50. The Hall–Kier alpha value is -1.10. The van der Waals surface area contributed by atoms with E-state index < -0.39 is 12.0 Å². The number of aliphatic carboxylic acids is 1. The average Bonchev–Trinajstić information content (AvgIpc) is 2.22. The van der Waals surface area contributed by atoms with Gasteiger partial charge in [-0.15, -0.1) is 0 Å². The molecule has 1 unspecified atom stereocenters. The summed E-state index contributed by atoms with van der Waals surface area (Å²) in [5.41, 5.74) is 0. The van der Waals surface area contributed by atoms with E-state index in [1.165, 1.54) is 0 Å². The van der Waals surface area contributed by atoms with E-state index in [9.17, 15) is 9.59 Å². The number of amides is 1. The summed E-state index contributed by atoms with van der Waals surface area (Å²) < 4.78 is 0. The standard InChI is InChI=1S/C13H26N2O3/c1-6-7-8-10(13(17)18)14-12(16)11(9(2)3)15(4)5/h9-11H,6-8H2,1-5H3,(H,14,16)(H,17,18)/t10?,11-/m1/s1. The fourth-order valence-electron chi connectivity index (χ4n) is 2.06. The van der Waals surface area contributed by atoms with Crippen LogP contribution in [0.5, 0.6) is 0 Å². The second kappa shape index (κ2) is 8.08. The Morgan fingerprint density at radius 3 is 2.17 bits per heavy atom. The molecule has 5 heteroatoms. The summed E-state index contributed by atoms with van der Waals surface area (Å²) in [6, 6.07) is -1.08.